The topological polar surface area (TPSA) is 63.5 Å². The molecule has 118 valence electrons. The van der Waals surface area contributed by atoms with E-state index in [1.54, 1.807) is 37.4 Å². The van der Waals surface area contributed by atoms with E-state index in [1.807, 2.05) is 0 Å². The third-order valence-electron chi connectivity index (χ3n) is 3.25. The molecule has 0 aliphatic rings. The van der Waals surface area contributed by atoms with Gasteiger partial charge in [0.05, 0.1) is 10.5 Å². The standard InChI is InChI=1S/C17H15FN2O3/c1-19(12-13-6-9-15(18)10-7-13)17(21)11-8-14-4-2-3-5-16(14)20(22)23/h2-11H,12H2,1H3/b11-8+. The highest BCUT2D eigenvalue weighted by molar-refractivity contribution is 5.92. The van der Waals surface area contributed by atoms with E-state index in [0.29, 0.717) is 12.1 Å². The monoisotopic (exact) mass is 314 g/mol. The largest absolute Gasteiger partial charge is 0.338 e. The number of nitro groups is 1. The van der Waals surface area contributed by atoms with Crippen molar-refractivity contribution >= 4 is 17.7 Å². The molecule has 0 heterocycles. The Morgan fingerprint density at radius 3 is 2.52 bits per heavy atom. The lowest BCUT2D eigenvalue weighted by Gasteiger charge is -2.15. The lowest BCUT2D eigenvalue weighted by Crippen LogP contribution is -2.24. The van der Waals surface area contributed by atoms with Gasteiger partial charge in [0.25, 0.3) is 5.69 Å². The van der Waals surface area contributed by atoms with E-state index < -0.39 is 4.92 Å². The Morgan fingerprint density at radius 2 is 1.87 bits per heavy atom. The summed E-state index contributed by atoms with van der Waals surface area (Å²) < 4.78 is 12.8. The summed E-state index contributed by atoms with van der Waals surface area (Å²) in [5, 5.41) is 10.9. The van der Waals surface area contributed by atoms with Gasteiger partial charge in [0.15, 0.2) is 0 Å². The second-order valence-electron chi connectivity index (χ2n) is 4.97. The first kappa shape index (κ1) is 16.4. The highest BCUT2D eigenvalue weighted by atomic mass is 19.1. The van der Waals surface area contributed by atoms with Gasteiger partial charge in [0.1, 0.15) is 5.82 Å². The van der Waals surface area contributed by atoms with Gasteiger partial charge in [-0.25, -0.2) is 4.39 Å². The summed E-state index contributed by atoms with van der Waals surface area (Å²) in [5.41, 5.74) is 1.10. The van der Waals surface area contributed by atoms with Gasteiger partial charge < -0.3 is 4.90 Å². The normalized spacial score (nSPS) is 10.7. The summed E-state index contributed by atoms with van der Waals surface area (Å²) >= 11 is 0. The summed E-state index contributed by atoms with van der Waals surface area (Å²) in [6.07, 6.45) is 2.70. The van der Waals surface area contributed by atoms with E-state index in [0.717, 1.165) is 5.56 Å². The second kappa shape index (κ2) is 7.31. The maximum absolute atomic E-state index is 12.8. The summed E-state index contributed by atoms with van der Waals surface area (Å²) in [7, 11) is 1.61. The highest BCUT2D eigenvalue weighted by Gasteiger charge is 2.11. The van der Waals surface area contributed by atoms with Crippen molar-refractivity contribution in [2.24, 2.45) is 0 Å². The van der Waals surface area contributed by atoms with Crippen molar-refractivity contribution in [1.29, 1.82) is 0 Å². The van der Waals surface area contributed by atoms with E-state index in [2.05, 4.69) is 0 Å². The van der Waals surface area contributed by atoms with E-state index in [4.69, 9.17) is 0 Å². The molecule has 2 aromatic rings. The van der Waals surface area contributed by atoms with Gasteiger partial charge in [-0.3, -0.25) is 14.9 Å². The minimum atomic E-state index is -0.494. The second-order valence-corrected chi connectivity index (χ2v) is 4.97. The van der Waals surface area contributed by atoms with Crippen LogP contribution in [0, 0.1) is 15.9 Å². The number of benzene rings is 2. The summed E-state index contributed by atoms with van der Waals surface area (Å²) in [4.78, 5) is 23.9. The van der Waals surface area contributed by atoms with Crippen molar-refractivity contribution in [3.63, 3.8) is 0 Å². The van der Waals surface area contributed by atoms with Crippen LogP contribution in [-0.4, -0.2) is 22.8 Å². The van der Waals surface area contributed by atoms with Crippen LogP contribution in [-0.2, 0) is 11.3 Å². The van der Waals surface area contributed by atoms with Gasteiger partial charge in [-0.15, -0.1) is 0 Å². The average Bonchev–Trinajstić information content (AvgIpc) is 2.54. The van der Waals surface area contributed by atoms with Crippen LogP contribution in [0.5, 0.6) is 0 Å². The Hall–Kier alpha value is -3.02. The molecule has 0 bridgehead atoms. The van der Waals surface area contributed by atoms with Crippen molar-refractivity contribution < 1.29 is 14.1 Å². The molecule has 6 heteroatoms. The first-order chi connectivity index (χ1) is 11.0. The highest BCUT2D eigenvalue weighted by Crippen LogP contribution is 2.19. The van der Waals surface area contributed by atoms with Crippen LogP contribution < -0.4 is 0 Å². The number of nitrogens with zero attached hydrogens (tertiary/aromatic N) is 2. The Labute approximate surface area is 132 Å². The molecule has 0 saturated heterocycles. The number of nitro benzene ring substituents is 1. The van der Waals surface area contributed by atoms with Crippen LogP contribution in [0.25, 0.3) is 6.08 Å². The van der Waals surface area contributed by atoms with Crippen molar-refractivity contribution in [2.45, 2.75) is 6.54 Å². The smallest absolute Gasteiger partial charge is 0.276 e. The van der Waals surface area contributed by atoms with Crippen LogP contribution in [0.4, 0.5) is 10.1 Å². The molecular formula is C17H15FN2O3. The van der Waals surface area contributed by atoms with Gasteiger partial charge in [-0.2, -0.15) is 0 Å². The van der Waals surface area contributed by atoms with Crippen LogP contribution >= 0.6 is 0 Å². The predicted octanol–water partition coefficient (Wildman–Crippen LogP) is 3.41. The molecule has 2 rings (SSSR count). The zero-order valence-corrected chi connectivity index (χ0v) is 12.5. The molecule has 0 atom stereocenters. The first-order valence-corrected chi connectivity index (χ1v) is 6.88. The molecule has 23 heavy (non-hydrogen) atoms. The zero-order valence-electron chi connectivity index (χ0n) is 12.5. The fraction of sp³-hybridized carbons (Fsp3) is 0.118. The Balaban J connectivity index is 2.06. The van der Waals surface area contributed by atoms with E-state index in [9.17, 15) is 19.3 Å². The molecule has 0 saturated carbocycles. The molecule has 0 aliphatic heterocycles. The van der Waals surface area contributed by atoms with Crippen molar-refractivity contribution in [3.8, 4) is 0 Å². The number of para-hydroxylation sites is 1. The van der Waals surface area contributed by atoms with Gasteiger partial charge in [0, 0.05) is 25.7 Å². The third-order valence-corrected chi connectivity index (χ3v) is 3.25. The SMILES string of the molecule is CN(Cc1ccc(F)cc1)C(=O)/C=C/c1ccccc1[N+](=O)[O-]. The summed E-state index contributed by atoms with van der Waals surface area (Å²) in [5.74, 6) is -0.633. The van der Waals surface area contributed by atoms with Gasteiger partial charge in [0.2, 0.25) is 5.91 Å². The fourth-order valence-corrected chi connectivity index (χ4v) is 2.02. The predicted molar refractivity (Wildman–Crippen MR) is 85.0 cm³/mol. The minimum absolute atomic E-state index is 0.0577. The third kappa shape index (κ3) is 4.47. The number of carbonyl (C=O) groups excluding carboxylic acids is 1. The van der Waals surface area contributed by atoms with E-state index in [-0.39, 0.29) is 17.4 Å². The average molecular weight is 314 g/mol. The van der Waals surface area contributed by atoms with Crippen molar-refractivity contribution in [1.82, 2.24) is 4.90 Å². The molecule has 0 fully saturated rings. The number of rotatable bonds is 5. The van der Waals surface area contributed by atoms with Gasteiger partial charge in [-0.05, 0) is 29.8 Å². The molecule has 2 aromatic carbocycles. The molecule has 0 spiro atoms. The number of hydrogen-bond donors (Lipinski definition) is 0. The molecule has 0 radical (unpaired) electrons. The van der Waals surface area contributed by atoms with E-state index >= 15 is 0 Å². The van der Waals surface area contributed by atoms with Crippen LogP contribution in [0.2, 0.25) is 0 Å². The van der Waals surface area contributed by atoms with Crippen LogP contribution in [0.3, 0.4) is 0 Å². The van der Waals surface area contributed by atoms with Gasteiger partial charge in [-0.1, -0.05) is 24.3 Å². The van der Waals surface area contributed by atoms with Gasteiger partial charge >= 0.3 is 0 Å². The fourth-order valence-electron chi connectivity index (χ4n) is 2.02. The number of amides is 1. The number of likely N-dealkylation sites (N-methyl/N-ethyl adjacent to an activating group) is 1. The quantitative estimate of drug-likeness (QED) is 0.482. The Kier molecular flexibility index (Phi) is 5.19. The maximum Gasteiger partial charge on any atom is 0.276 e. The minimum Gasteiger partial charge on any atom is -0.338 e. The Morgan fingerprint density at radius 1 is 1.22 bits per heavy atom. The van der Waals surface area contributed by atoms with Crippen molar-refractivity contribution in [2.75, 3.05) is 7.05 Å². The van der Waals surface area contributed by atoms with Crippen LogP contribution in [0.1, 0.15) is 11.1 Å². The molecule has 1 amide bonds. The first-order valence-electron chi connectivity index (χ1n) is 6.88. The van der Waals surface area contributed by atoms with E-state index in [1.165, 1.54) is 35.3 Å². The lowest BCUT2D eigenvalue weighted by atomic mass is 10.1. The number of halogens is 1. The summed E-state index contributed by atoms with van der Waals surface area (Å²) in [6, 6.07) is 12.1. The molecule has 0 aromatic heterocycles. The zero-order chi connectivity index (χ0) is 16.8. The number of carbonyl (C=O) groups is 1. The molecular weight excluding hydrogens is 299 g/mol. The van der Waals surface area contributed by atoms with Crippen LogP contribution in [0.15, 0.2) is 54.6 Å². The van der Waals surface area contributed by atoms with Crippen molar-refractivity contribution in [3.05, 3.63) is 81.7 Å². The molecule has 5 nitrogen and oxygen atoms in total. The number of hydrogen-bond acceptors (Lipinski definition) is 3. The summed E-state index contributed by atoms with van der Waals surface area (Å²) in [6.45, 7) is 0.320. The lowest BCUT2D eigenvalue weighted by molar-refractivity contribution is -0.385. The maximum atomic E-state index is 12.8. The molecule has 0 N–H and O–H groups in total. The Bertz CT molecular complexity index is 742. The molecule has 0 unspecified atom stereocenters. The molecule has 0 aliphatic carbocycles.